The Hall–Kier alpha value is -1.22. The lowest BCUT2D eigenvalue weighted by atomic mass is 10.2. The summed E-state index contributed by atoms with van der Waals surface area (Å²) in [6, 6.07) is 3.58. The van der Waals surface area contributed by atoms with Crippen molar-refractivity contribution in [2.75, 3.05) is 6.61 Å². The van der Waals surface area contributed by atoms with Crippen molar-refractivity contribution in [3.05, 3.63) is 34.8 Å². The van der Waals surface area contributed by atoms with Gasteiger partial charge in [-0.25, -0.2) is 13.1 Å². The molecule has 8 heteroatoms. The molecular weight excluding hydrogens is 298 g/mol. The van der Waals surface area contributed by atoms with Crippen LogP contribution in [0.2, 0.25) is 0 Å². The predicted molar refractivity (Wildman–Crippen MR) is 77.0 cm³/mol. The number of hydrogen-bond acceptors (Lipinski definition) is 5. The summed E-state index contributed by atoms with van der Waals surface area (Å²) in [6.45, 7) is 2.13. The van der Waals surface area contributed by atoms with Crippen molar-refractivity contribution < 1.29 is 13.5 Å². The van der Waals surface area contributed by atoms with Crippen molar-refractivity contribution in [2.24, 2.45) is 0 Å². The predicted octanol–water partition coefficient (Wildman–Crippen LogP) is 1.37. The highest BCUT2D eigenvalue weighted by molar-refractivity contribution is 7.89. The number of aromatic nitrogens is 2. The van der Waals surface area contributed by atoms with Crippen molar-refractivity contribution in [3.8, 4) is 0 Å². The van der Waals surface area contributed by atoms with Gasteiger partial charge in [-0.15, -0.1) is 11.3 Å². The monoisotopic (exact) mass is 315 g/mol. The fourth-order valence-corrected chi connectivity index (χ4v) is 3.98. The quantitative estimate of drug-likeness (QED) is 0.808. The van der Waals surface area contributed by atoms with Gasteiger partial charge in [-0.2, -0.15) is 5.10 Å². The van der Waals surface area contributed by atoms with Crippen molar-refractivity contribution >= 4 is 21.4 Å². The zero-order valence-electron chi connectivity index (χ0n) is 11.1. The maximum atomic E-state index is 12.3. The normalized spacial score (nSPS) is 13.5. The smallest absolute Gasteiger partial charge is 0.244 e. The Morgan fingerprint density at radius 2 is 2.35 bits per heavy atom. The summed E-state index contributed by atoms with van der Waals surface area (Å²) in [4.78, 5) is 1.10. The molecule has 6 nitrogen and oxygen atoms in total. The number of aliphatic hydroxyl groups is 1. The summed E-state index contributed by atoms with van der Waals surface area (Å²) in [5, 5.41) is 14.6. The molecule has 0 saturated heterocycles. The largest absolute Gasteiger partial charge is 0.394 e. The average molecular weight is 315 g/mol. The van der Waals surface area contributed by atoms with Crippen LogP contribution in [-0.2, 0) is 16.6 Å². The van der Waals surface area contributed by atoms with Crippen molar-refractivity contribution in [2.45, 2.75) is 30.8 Å². The van der Waals surface area contributed by atoms with E-state index in [1.54, 1.807) is 0 Å². The fourth-order valence-electron chi connectivity index (χ4n) is 1.80. The number of nitrogens with zero attached hydrogens (tertiary/aromatic N) is 2. The molecule has 20 heavy (non-hydrogen) atoms. The molecule has 1 unspecified atom stereocenters. The van der Waals surface area contributed by atoms with Crippen molar-refractivity contribution in [3.63, 3.8) is 0 Å². The lowest BCUT2D eigenvalue weighted by molar-refractivity contribution is 0.269. The van der Waals surface area contributed by atoms with Gasteiger partial charge in [-0.3, -0.25) is 4.68 Å². The molecule has 0 radical (unpaired) electrons. The second kappa shape index (κ2) is 6.49. The van der Waals surface area contributed by atoms with Gasteiger partial charge in [-0.1, -0.05) is 13.0 Å². The molecule has 1 atom stereocenters. The van der Waals surface area contributed by atoms with Gasteiger partial charge in [0.2, 0.25) is 10.0 Å². The van der Waals surface area contributed by atoms with Crippen molar-refractivity contribution in [1.29, 1.82) is 0 Å². The molecule has 0 fully saturated rings. The van der Waals surface area contributed by atoms with Gasteiger partial charge < -0.3 is 5.11 Å². The number of hydrogen-bond donors (Lipinski definition) is 2. The van der Waals surface area contributed by atoms with E-state index in [0.717, 1.165) is 4.88 Å². The number of aliphatic hydroxyl groups excluding tert-OH is 1. The van der Waals surface area contributed by atoms with Crippen LogP contribution in [0.5, 0.6) is 0 Å². The molecule has 2 N–H and O–H groups in total. The van der Waals surface area contributed by atoms with E-state index in [4.69, 9.17) is 5.11 Å². The maximum Gasteiger partial charge on any atom is 0.244 e. The van der Waals surface area contributed by atoms with E-state index in [-0.39, 0.29) is 24.1 Å². The van der Waals surface area contributed by atoms with Gasteiger partial charge in [0.05, 0.1) is 25.4 Å². The molecule has 0 spiro atoms. The van der Waals surface area contributed by atoms with Crippen LogP contribution in [0.3, 0.4) is 0 Å². The highest BCUT2D eigenvalue weighted by atomic mass is 32.2. The van der Waals surface area contributed by atoms with Gasteiger partial charge in [0, 0.05) is 11.1 Å². The van der Waals surface area contributed by atoms with Crippen LogP contribution in [0.1, 0.15) is 24.3 Å². The molecule has 110 valence electrons. The zero-order valence-corrected chi connectivity index (χ0v) is 12.7. The molecule has 2 heterocycles. The number of sulfonamides is 1. The molecule has 0 bridgehead atoms. The number of rotatable bonds is 7. The summed E-state index contributed by atoms with van der Waals surface area (Å²) in [5.74, 6) is 0. The molecule has 0 amide bonds. The molecule has 2 aromatic heterocycles. The third-order valence-electron chi connectivity index (χ3n) is 2.84. The minimum absolute atomic E-state index is 0.0820. The van der Waals surface area contributed by atoms with Crippen LogP contribution in [0, 0.1) is 0 Å². The second-order valence-electron chi connectivity index (χ2n) is 4.26. The van der Waals surface area contributed by atoms with E-state index < -0.39 is 10.0 Å². The minimum atomic E-state index is -3.60. The Morgan fingerprint density at radius 1 is 1.55 bits per heavy atom. The minimum Gasteiger partial charge on any atom is -0.394 e. The highest BCUT2D eigenvalue weighted by Crippen LogP contribution is 2.23. The lowest BCUT2D eigenvalue weighted by Gasteiger charge is -2.14. The first-order valence-electron chi connectivity index (χ1n) is 6.26. The Bertz CT molecular complexity index is 635. The highest BCUT2D eigenvalue weighted by Gasteiger charge is 2.22. The van der Waals surface area contributed by atoms with E-state index in [9.17, 15) is 8.42 Å². The first-order valence-corrected chi connectivity index (χ1v) is 8.62. The zero-order chi connectivity index (χ0) is 14.6. The van der Waals surface area contributed by atoms with Crippen molar-refractivity contribution in [1.82, 2.24) is 14.5 Å². The first kappa shape index (κ1) is 15.2. The molecular formula is C12H17N3O3S2. The van der Waals surface area contributed by atoms with E-state index in [2.05, 4.69) is 9.82 Å². The molecule has 0 aromatic carbocycles. The standard InChI is InChI=1S/C12H17N3O3S2/c1-2-11(12-4-3-7-19-12)14-20(17,18)10-8-13-15(9-10)5-6-16/h3-4,7-9,11,14,16H,2,5-6H2,1H3. The molecule has 0 aliphatic rings. The van der Waals surface area contributed by atoms with Crippen LogP contribution in [0.4, 0.5) is 0 Å². The topological polar surface area (TPSA) is 84.2 Å². The van der Waals surface area contributed by atoms with Gasteiger partial charge in [0.1, 0.15) is 4.90 Å². The van der Waals surface area contributed by atoms with E-state index in [0.29, 0.717) is 6.42 Å². The summed E-state index contributed by atoms with van der Waals surface area (Å²) in [5.41, 5.74) is 0. The van der Waals surface area contributed by atoms with E-state index in [1.165, 1.54) is 28.4 Å². The molecule has 0 aliphatic heterocycles. The maximum absolute atomic E-state index is 12.3. The number of nitrogens with one attached hydrogen (secondary N) is 1. The van der Waals surface area contributed by atoms with E-state index in [1.807, 2.05) is 24.4 Å². The summed E-state index contributed by atoms with van der Waals surface area (Å²) >= 11 is 1.52. The molecule has 2 rings (SSSR count). The van der Waals surface area contributed by atoms with Gasteiger partial charge in [-0.05, 0) is 17.9 Å². The van der Waals surface area contributed by atoms with E-state index >= 15 is 0 Å². The van der Waals surface area contributed by atoms with Crippen LogP contribution in [0.15, 0.2) is 34.8 Å². The molecule has 2 aromatic rings. The Morgan fingerprint density at radius 3 is 2.95 bits per heavy atom. The Balaban J connectivity index is 2.17. The van der Waals surface area contributed by atoms with Gasteiger partial charge in [0.25, 0.3) is 0 Å². The second-order valence-corrected chi connectivity index (χ2v) is 6.95. The van der Waals surface area contributed by atoms with Crippen LogP contribution in [-0.4, -0.2) is 29.9 Å². The van der Waals surface area contributed by atoms with Gasteiger partial charge >= 0.3 is 0 Å². The SMILES string of the molecule is CCC(NS(=O)(=O)c1cnn(CCO)c1)c1cccs1. The van der Waals surface area contributed by atoms with Crippen LogP contribution >= 0.6 is 11.3 Å². The molecule has 0 saturated carbocycles. The summed E-state index contributed by atoms with van der Waals surface area (Å²) < 4.78 is 28.7. The first-order chi connectivity index (χ1) is 9.56. The fraction of sp³-hybridized carbons (Fsp3) is 0.417. The molecule has 0 aliphatic carbocycles. The third kappa shape index (κ3) is 3.45. The van der Waals surface area contributed by atoms with Crippen LogP contribution in [0.25, 0.3) is 0 Å². The van der Waals surface area contributed by atoms with Gasteiger partial charge in [0.15, 0.2) is 0 Å². The lowest BCUT2D eigenvalue weighted by Crippen LogP contribution is -2.27. The number of thiophene rings is 1. The van der Waals surface area contributed by atoms with Crippen LogP contribution < -0.4 is 4.72 Å². The third-order valence-corrected chi connectivity index (χ3v) is 5.25. The summed E-state index contributed by atoms with van der Waals surface area (Å²) in [6.07, 6.45) is 3.38. The summed E-state index contributed by atoms with van der Waals surface area (Å²) in [7, 11) is -3.60. The Labute approximate surface area is 122 Å². The average Bonchev–Trinajstić information content (AvgIpc) is 3.07. The Kier molecular flexibility index (Phi) is 4.92.